The molecule has 0 bridgehead atoms. The molecule has 6 heteroatoms. The van der Waals surface area contributed by atoms with Crippen LogP contribution in [0.15, 0.2) is 17.2 Å². The number of rotatable bonds is 4. The van der Waals surface area contributed by atoms with Crippen LogP contribution in [0.2, 0.25) is 0 Å². The number of pyridine rings is 1. The van der Waals surface area contributed by atoms with Crippen LogP contribution >= 0.6 is 0 Å². The van der Waals surface area contributed by atoms with Gasteiger partial charge in [-0.1, -0.05) is 6.92 Å². The summed E-state index contributed by atoms with van der Waals surface area (Å²) in [4.78, 5) is 4.01. The lowest BCUT2D eigenvalue weighted by molar-refractivity contribution is 0.298. The summed E-state index contributed by atoms with van der Waals surface area (Å²) in [5.41, 5.74) is 0.637. The summed E-state index contributed by atoms with van der Waals surface area (Å²) < 4.78 is 27.9. The van der Waals surface area contributed by atoms with Gasteiger partial charge in [0.05, 0.1) is 11.8 Å². The fraction of sp³-hybridized carbons (Fsp3) is 0.500. The van der Waals surface area contributed by atoms with Crippen LogP contribution in [0.5, 0.6) is 5.75 Å². The molecule has 0 radical (unpaired) electrons. The van der Waals surface area contributed by atoms with E-state index in [4.69, 9.17) is 9.88 Å². The van der Waals surface area contributed by atoms with E-state index in [0.29, 0.717) is 17.9 Å². The summed E-state index contributed by atoms with van der Waals surface area (Å²) in [6, 6.07) is 3.01. The lowest BCUT2D eigenvalue weighted by atomic mass is 10.3. The van der Waals surface area contributed by atoms with Crippen molar-refractivity contribution in [1.29, 1.82) is 0 Å². The molecule has 0 amide bonds. The number of ether oxygens (including phenoxy) is 1. The Kier molecular flexibility index (Phi) is 2.86. The molecule has 88 valence electrons. The minimum Gasteiger partial charge on any atom is -0.489 e. The van der Waals surface area contributed by atoms with Crippen molar-refractivity contribution in [3.05, 3.63) is 17.8 Å². The van der Waals surface area contributed by atoms with Gasteiger partial charge in [-0.05, 0) is 31.4 Å². The number of hydrogen-bond donors (Lipinski definition) is 1. The molecule has 0 aliphatic heterocycles. The van der Waals surface area contributed by atoms with Gasteiger partial charge >= 0.3 is 0 Å². The first-order chi connectivity index (χ1) is 7.50. The zero-order chi connectivity index (χ0) is 11.8. The normalized spacial score (nSPS) is 16.1. The first-order valence-corrected chi connectivity index (χ1v) is 6.74. The zero-order valence-electron chi connectivity index (χ0n) is 9.01. The Morgan fingerprint density at radius 3 is 2.69 bits per heavy atom. The Bertz CT molecular complexity index is 495. The number of aromatic nitrogens is 1. The standard InChI is InChI=1S/C10H14N2O3S/c1-2-8-9(15-7-3-4-7)5-6-10(12-8)16(11,13)14/h5-7H,2-4H2,1H3,(H2,11,13,14). The van der Waals surface area contributed by atoms with Gasteiger partial charge in [0.15, 0.2) is 5.03 Å². The molecule has 16 heavy (non-hydrogen) atoms. The predicted octanol–water partition coefficient (Wildman–Crippen LogP) is 0.833. The number of aryl methyl sites for hydroxylation is 1. The number of sulfonamides is 1. The van der Waals surface area contributed by atoms with Crippen molar-refractivity contribution in [2.24, 2.45) is 5.14 Å². The van der Waals surface area contributed by atoms with Crippen molar-refractivity contribution in [1.82, 2.24) is 4.98 Å². The largest absolute Gasteiger partial charge is 0.489 e. The highest BCUT2D eigenvalue weighted by atomic mass is 32.2. The third-order valence-electron chi connectivity index (χ3n) is 2.35. The van der Waals surface area contributed by atoms with Crippen molar-refractivity contribution < 1.29 is 13.2 Å². The Hall–Kier alpha value is -1.14. The fourth-order valence-corrected chi connectivity index (χ4v) is 1.85. The first kappa shape index (κ1) is 11.3. The molecule has 5 nitrogen and oxygen atoms in total. The first-order valence-electron chi connectivity index (χ1n) is 5.20. The quantitative estimate of drug-likeness (QED) is 0.847. The van der Waals surface area contributed by atoms with E-state index in [1.54, 1.807) is 6.07 Å². The van der Waals surface area contributed by atoms with Gasteiger partial charge < -0.3 is 4.74 Å². The predicted molar refractivity (Wildman–Crippen MR) is 58.6 cm³/mol. The molecule has 1 saturated carbocycles. The molecular weight excluding hydrogens is 228 g/mol. The van der Waals surface area contributed by atoms with Crippen LogP contribution in [0.3, 0.4) is 0 Å². The highest BCUT2D eigenvalue weighted by molar-refractivity contribution is 7.89. The van der Waals surface area contributed by atoms with Gasteiger partial charge in [0.25, 0.3) is 10.0 Å². The van der Waals surface area contributed by atoms with Crippen LogP contribution in [0.25, 0.3) is 0 Å². The summed E-state index contributed by atoms with van der Waals surface area (Å²) in [5, 5.41) is 4.91. The minimum absolute atomic E-state index is 0.104. The molecule has 0 saturated heterocycles. The second kappa shape index (κ2) is 4.03. The van der Waals surface area contributed by atoms with E-state index in [-0.39, 0.29) is 11.1 Å². The highest BCUT2D eigenvalue weighted by Crippen LogP contribution is 2.29. The lowest BCUT2D eigenvalue weighted by Crippen LogP contribution is -2.15. The van der Waals surface area contributed by atoms with Crippen LogP contribution in [-0.2, 0) is 16.4 Å². The van der Waals surface area contributed by atoms with Crippen molar-refractivity contribution in [3.8, 4) is 5.75 Å². The summed E-state index contributed by atoms with van der Waals surface area (Å²) in [7, 11) is -3.73. The maximum atomic E-state index is 11.1. The molecule has 1 aromatic heterocycles. The van der Waals surface area contributed by atoms with Gasteiger partial charge in [-0.3, -0.25) is 0 Å². The van der Waals surface area contributed by atoms with Gasteiger partial charge in [0.1, 0.15) is 5.75 Å². The lowest BCUT2D eigenvalue weighted by Gasteiger charge is -2.09. The molecule has 0 atom stereocenters. The van der Waals surface area contributed by atoms with E-state index in [1.165, 1.54) is 6.07 Å². The smallest absolute Gasteiger partial charge is 0.255 e. The molecule has 2 rings (SSSR count). The summed E-state index contributed by atoms with van der Waals surface area (Å²) in [5.74, 6) is 0.664. The van der Waals surface area contributed by atoms with Crippen LogP contribution in [0.1, 0.15) is 25.5 Å². The molecule has 1 heterocycles. The van der Waals surface area contributed by atoms with Crippen LogP contribution in [0.4, 0.5) is 0 Å². The van der Waals surface area contributed by atoms with E-state index in [9.17, 15) is 8.42 Å². The van der Waals surface area contributed by atoms with Crippen molar-refractivity contribution in [2.75, 3.05) is 0 Å². The number of nitrogens with two attached hydrogens (primary N) is 1. The topological polar surface area (TPSA) is 82.3 Å². The van der Waals surface area contributed by atoms with E-state index >= 15 is 0 Å². The highest BCUT2D eigenvalue weighted by Gasteiger charge is 2.25. The number of primary sulfonamides is 1. The molecule has 1 aromatic rings. The molecule has 1 aliphatic carbocycles. The molecule has 1 fully saturated rings. The number of hydrogen-bond acceptors (Lipinski definition) is 4. The van der Waals surface area contributed by atoms with Crippen LogP contribution in [0, 0.1) is 0 Å². The van der Waals surface area contributed by atoms with Gasteiger partial charge in [0.2, 0.25) is 0 Å². The molecule has 1 aliphatic rings. The fourth-order valence-electron chi connectivity index (χ4n) is 1.35. The Balaban J connectivity index is 2.33. The van der Waals surface area contributed by atoms with Gasteiger partial charge in [-0.2, -0.15) is 0 Å². The minimum atomic E-state index is -3.73. The van der Waals surface area contributed by atoms with Crippen molar-refractivity contribution in [3.63, 3.8) is 0 Å². The SMILES string of the molecule is CCc1nc(S(N)(=O)=O)ccc1OC1CC1. The van der Waals surface area contributed by atoms with E-state index < -0.39 is 10.0 Å². The second-order valence-electron chi connectivity index (χ2n) is 3.81. The monoisotopic (exact) mass is 242 g/mol. The summed E-state index contributed by atoms with van der Waals surface area (Å²) in [6.07, 6.45) is 3.00. The third-order valence-corrected chi connectivity index (χ3v) is 3.16. The second-order valence-corrected chi connectivity index (χ2v) is 5.32. The Morgan fingerprint density at radius 1 is 1.50 bits per heavy atom. The summed E-state index contributed by atoms with van der Waals surface area (Å²) >= 11 is 0. The van der Waals surface area contributed by atoms with Crippen LogP contribution < -0.4 is 9.88 Å². The van der Waals surface area contributed by atoms with Gasteiger partial charge in [-0.15, -0.1) is 0 Å². The van der Waals surface area contributed by atoms with E-state index in [2.05, 4.69) is 4.98 Å². The Morgan fingerprint density at radius 2 is 2.19 bits per heavy atom. The average molecular weight is 242 g/mol. The Labute approximate surface area is 94.7 Å². The zero-order valence-corrected chi connectivity index (χ0v) is 9.83. The van der Waals surface area contributed by atoms with E-state index in [1.807, 2.05) is 6.92 Å². The molecular formula is C10H14N2O3S. The molecule has 2 N–H and O–H groups in total. The summed E-state index contributed by atoms with van der Waals surface area (Å²) in [6.45, 7) is 1.90. The van der Waals surface area contributed by atoms with Gasteiger partial charge in [0, 0.05) is 0 Å². The molecule has 0 aromatic carbocycles. The van der Waals surface area contributed by atoms with Crippen LogP contribution in [-0.4, -0.2) is 19.5 Å². The third kappa shape index (κ3) is 2.51. The maximum Gasteiger partial charge on any atom is 0.255 e. The van der Waals surface area contributed by atoms with E-state index in [0.717, 1.165) is 12.8 Å². The average Bonchev–Trinajstić information content (AvgIpc) is 3.00. The van der Waals surface area contributed by atoms with Crippen molar-refractivity contribution >= 4 is 10.0 Å². The molecule has 0 unspecified atom stereocenters. The van der Waals surface area contributed by atoms with Crippen molar-refractivity contribution in [2.45, 2.75) is 37.3 Å². The van der Waals surface area contributed by atoms with Gasteiger partial charge in [-0.25, -0.2) is 18.5 Å². The number of nitrogens with zero attached hydrogens (tertiary/aromatic N) is 1. The molecule has 0 spiro atoms. The maximum absolute atomic E-state index is 11.1.